The fraction of sp³-hybridized carbons (Fsp3) is 0.800. The number of amides is 1. The van der Waals surface area contributed by atoms with Crippen LogP contribution in [0.25, 0.3) is 0 Å². The number of hydrogen-bond acceptors (Lipinski definition) is 8. The van der Waals surface area contributed by atoms with Gasteiger partial charge in [0.1, 0.15) is 11.4 Å². The van der Waals surface area contributed by atoms with E-state index in [1.165, 1.54) is 12.1 Å². The van der Waals surface area contributed by atoms with Gasteiger partial charge in [-0.3, -0.25) is 0 Å². The molecule has 0 saturated heterocycles. The number of aryl methyl sites for hydroxylation is 1. The van der Waals surface area contributed by atoms with Crippen LogP contribution < -0.4 is 9.46 Å². The maximum Gasteiger partial charge on any atom is 0.421 e. The fourth-order valence-corrected chi connectivity index (χ4v) is 11.7. The van der Waals surface area contributed by atoms with Gasteiger partial charge in [-0.1, -0.05) is 20.8 Å². The number of benzene rings is 1. The zero-order chi connectivity index (χ0) is 32.4. The van der Waals surface area contributed by atoms with E-state index < -0.39 is 21.7 Å². The van der Waals surface area contributed by atoms with Crippen molar-refractivity contribution in [3.05, 3.63) is 23.8 Å². The van der Waals surface area contributed by atoms with Gasteiger partial charge in [0.15, 0.2) is 0 Å². The number of rotatable bonds is 6. The van der Waals surface area contributed by atoms with Crippen LogP contribution in [0.2, 0.25) is 0 Å². The van der Waals surface area contributed by atoms with E-state index in [2.05, 4.69) is 25.5 Å². The number of hydrogen-bond donors (Lipinski definition) is 4. The van der Waals surface area contributed by atoms with Crippen LogP contribution in [-0.2, 0) is 21.2 Å². The molecule has 9 nitrogen and oxygen atoms in total. The summed E-state index contributed by atoms with van der Waals surface area (Å²) in [7, 11) is -4.15. The summed E-state index contributed by atoms with van der Waals surface area (Å²) in [5.74, 6) is 2.42. The molecule has 252 valence electrons. The Morgan fingerprint density at radius 2 is 1.78 bits per heavy atom. The smallest absolute Gasteiger partial charge is 0.421 e. The van der Waals surface area contributed by atoms with Gasteiger partial charge in [-0.25, -0.2) is 17.9 Å². The van der Waals surface area contributed by atoms with Gasteiger partial charge in [0.2, 0.25) is 0 Å². The third kappa shape index (κ3) is 5.91. The quantitative estimate of drug-likeness (QED) is 0.330. The molecular formula is C35H53NO8S. The van der Waals surface area contributed by atoms with Gasteiger partial charge in [0.05, 0.1) is 30.3 Å². The second-order valence-corrected chi connectivity index (χ2v) is 17.6. The lowest BCUT2D eigenvalue weighted by molar-refractivity contribution is -0.174. The maximum absolute atomic E-state index is 13.1. The van der Waals surface area contributed by atoms with Crippen LogP contribution in [0.15, 0.2) is 23.1 Å². The predicted molar refractivity (Wildman–Crippen MR) is 169 cm³/mol. The van der Waals surface area contributed by atoms with E-state index in [0.717, 1.165) is 63.4 Å². The molecule has 1 amide bonds. The summed E-state index contributed by atoms with van der Waals surface area (Å²) in [6.45, 7) is 8.70. The number of fused-ring (bicyclic) bond motifs is 6. The molecule has 4 aliphatic carbocycles. The summed E-state index contributed by atoms with van der Waals surface area (Å²) in [6.07, 6.45) is 8.10. The molecule has 4 N–H and O–H groups in total. The number of carbonyl (C=O) groups is 1. The summed E-state index contributed by atoms with van der Waals surface area (Å²) >= 11 is 0. The minimum absolute atomic E-state index is 0.0280. The van der Waals surface area contributed by atoms with Crippen molar-refractivity contribution in [3.63, 3.8) is 0 Å². The van der Waals surface area contributed by atoms with Crippen LogP contribution >= 0.6 is 0 Å². The lowest BCUT2D eigenvalue weighted by Crippen LogP contribution is -2.58. The average Bonchev–Trinajstić information content (AvgIpc) is 3.24. The van der Waals surface area contributed by atoms with Gasteiger partial charge in [-0.05, 0) is 148 Å². The first-order valence-corrected chi connectivity index (χ1v) is 18.7. The van der Waals surface area contributed by atoms with Crippen molar-refractivity contribution in [2.24, 2.45) is 46.3 Å². The predicted octanol–water partition coefficient (Wildman–Crippen LogP) is 5.19. The van der Waals surface area contributed by atoms with Crippen LogP contribution in [0.3, 0.4) is 0 Å². The van der Waals surface area contributed by atoms with Crippen LogP contribution in [0.4, 0.5) is 4.79 Å². The number of aliphatic hydroxyl groups excluding tert-OH is 3. The van der Waals surface area contributed by atoms with Crippen molar-refractivity contribution in [2.75, 3.05) is 13.2 Å². The van der Waals surface area contributed by atoms with Crippen LogP contribution in [0.5, 0.6) is 5.75 Å². The van der Waals surface area contributed by atoms with Crippen molar-refractivity contribution in [2.45, 2.75) is 121 Å². The third-order valence-corrected chi connectivity index (χ3v) is 14.6. The monoisotopic (exact) mass is 647 g/mol. The lowest BCUT2D eigenvalue weighted by Gasteiger charge is -2.62. The molecule has 4 fully saturated rings. The molecule has 1 unspecified atom stereocenters. The van der Waals surface area contributed by atoms with E-state index in [1.54, 1.807) is 6.07 Å². The Morgan fingerprint density at radius 1 is 1.04 bits per heavy atom. The maximum atomic E-state index is 13.1. The highest BCUT2D eigenvalue weighted by Crippen LogP contribution is 2.68. The van der Waals surface area contributed by atoms with Crippen LogP contribution in [-0.4, -0.2) is 60.9 Å². The average molecular weight is 648 g/mol. The molecule has 45 heavy (non-hydrogen) atoms. The van der Waals surface area contributed by atoms with Crippen molar-refractivity contribution >= 4 is 16.1 Å². The zero-order valence-electron chi connectivity index (χ0n) is 27.3. The molecule has 0 aromatic heterocycles. The summed E-state index contributed by atoms with van der Waals surface area (Å²) in [4.78, 5) is 12.8. The second-order valence-electron chi connectivity index (χ2n) is 16.0. The molecule has 1 aliphatic heterocycles. The molecule has 0 bridgehead atoms. The third-order valence-electron chi connectivity index (χ3n) is 13.3. The largest absolute Gasteiger partial charge is 0.485 e. The minimum Gasteiger partial charge on any atom is -0.485 e. The Morgan fingerprint density at radius 3 is 2.53 bits per heavy atom. The molecule has 5 aliphatic rings. The Kier molecular flexibility index (Phi) is 8.79. The molecule has 1 heterocycles. The first-order chi connectivity index (χ1) is 21.2. The standard InChI is InChI=1S/C35H53NO8S/c1-21(19-43-32(40)36-45(41,42)25-7-10-30-22(16-25)6-5-13-33(2,20-37)44-30)26-8-9-27-31-28(12-15-35(26,27)4)34(3)14-11-24(38)17-23(34)18-29(31)39/h7,10,16,21,23-24,26-29,31,37-39H,5-6,8-9,11-15,17-20H2,1-4H3,(H,36,40)/t21-,23+,24-,26-,27+,28+,29-,31+,33?,34+,35-/m1/s1. The van der Waals surface area contributed by atoms with Gasteiger partial charge in [0.25, 0.3) is 10.0 Å². The van der Waals surface area contributed by atoms with E-state index in [-0.39, 0.29) is 53.0 Å². The summed E-state index contributed by atoms with van der Waals surface area (Å²) < 4.78 is 39.9. The summed E-state index contributed by atoms with van der Waals surface area (Å²) in [5, 5.41) is 31.6. The highest BCUT2D eigenvalue weighted by molar-refractivity contribution is 7.90. The van der Waals surface area contributed by atoms with Crippen LogP contribution in [0, 0.1) is 46.3 Å². The van der Waals surface area contributed by atoms with E-state index >= 15 is 0 Å². The van der Waals surface area contributed by atoms with Crippen molar-refractivity contribution in [3.8, 4) is 5.75 Å². The van der Waals surface area contributed by atoms with Gasteiger partial charge >= 0.3 is 6.09 Å². The number of aliphatic hydroxyl groups is 3. The van der Waals surface area contributed by atoms with Gasteiger partial charge in [0, 0.05) is 0 Å². The van der Waals surface area contributed by atoms with Crippen molar-refractivity contribution < 1.29 is 38.0 Å². The number of ether oxygens (including phenoxy) is 2. The second kappa shape index (κ2) is 12.0. The molecule has 6 rings (SSSR count). The molecular weight excluding hydrogens is 594 g/mol. The Bertz CT molecular complexity index is 1390. The normalized spacial score (nSPS) is 41.7. The molecule has 10 heteroatoms. The topological polar surface area (TPSA) is 142 Å². The first kappa shape index (κ1) is 33.0. The molecule has 1 aromatic carbocycles. The fourth-order valence-electron chi connectivity index (χ4n) is 10.8. The highest BCUT2D eigenvalue weighted by Gasteiger charge is 2.63. The van der Waals surface area contributed by atoms with E-state index in [4.69, 9.17) is 9.47 Å². The summed E-state index contributed by atoms with van der Waals surface area (Å²) in [6, 6.07) is 4.53. The van der Waals surface area contributed by atoms with E-state index in [1.807, 2.05) is 6.92 Å². The molecule has 1 aromatic rings. The lowest BCUT2D eigenvalue weighted by atomic mass is 9.43. The van der Waals surface area contributed by atoms with Gasteiger partial charge < -0.3 is 24.8 Å². The summed E-state index contributed by atoms with van der Waals surface area (Å²) in [5.41, 5.74) is 0.216. The van der Waals surface area contributed by atoms with Crippen molar-refractivity contribution in [1.29, 1.82) is 0 Å². The number of nitrogens with one attached hydrogen (secondary N) is 1. The van der Waals surface area contributed by atoms with E-state index in [9.17, 15) is 28.5 Å². The first-order valence-electron chi connectivity index (χ1n) is 17.2. The minimum atomic E-state index is -4.15. The number of carbonyl (C=O) groups excluding carboxylic acids is 1. The van der Waals surface area contributed by atoms with E-state index in [0.29, 0.717) is 42.3 Å². The molecule has 11 atom stereocenters. The van der Waals surface area contributed by atoms with Gasteiger partial charge in [-0.2, -0.15) is 0 Å². The Hall–Kier alpha value is -1.88. The Labute approximate surface area is 268 Å². The van der Waals surface area contributed by atoms with Crippen molar-refractivity contribution in [1.82, 2.24) is 4.72 Å². The van der Waals surface area contributed by atoms with Crippen LogP contribution in [0.1, 0.15) is 97.5 Å². The molecule has 0 radical (unpaired) electrons. The highest BCUT2D eigenvalue weighted by atomic mass is 32.2. The number of sulfonamides is 1. The zero-order valence-corrected chi connectivity index (χ0v) is 28.2. The van der Waals surface area contributed by atoms with Gasteiger partial charge in [-0.15, -0.1) is 0 Å². The Balaban J connectivity index is 1.07. The SMILES string of the molecule is C[C@H](COC(=O)NS(=O)(=O)c1ccc2c(c1)CCCC(C)(CO)O2)[C@H]1CC[C@H]2[C@@H]3[C@H](O)C[C@@H]4C[C@H](O)CC[C@]4(C)[C@H]3CC[C@]12C. The molecule has 0 spiro atoms. The molecule has 4 saturated carbocycles.